The van der Waals surface area contributed by atoms with Crippen molar-refractivity contribution in [2.45, 2.75) is 18.7 Å². The first-order valence-electron chi connectivity index (χ1n) is 12.6. The van der Waals surface area contributed by atoms with E-state index in [1.807, 2.05) is 5.32 Å². The molecular weight excluding hydrogens is 678 g/mol. The number of rotatable bonds is 5. The zero-order valence-electron chi connectivity index (χ0n) is 22.7. The number of amidine groups is 1. The Morgan fingerprint density at radius 2 is 1.62 bits per heavy atom. The largest absolute Gasteiger partial charge is 0.573 e. The molecule has 0 atom stereocenters. The third kappa shape index (κ3) is 7.64. The molecule has 9 nitrogen and oxygen atoms in total. The fraction of sp³-hybridized carbons (Fsp3) is 0.148. The van der Waals surface area contributed by atoms with Crippen LogP contribution in [0, 0.1) is 5.82 Å². The molecule has 47 heavy (non-hydrogen) atoms. The molecule has 2 heterocycles. The summed E-state index contributed by atoms with van der Waals surface area (Å²) in [6.45, 7) is 0. The third-order valence-electron chi connectivity index (χ3n) is 6.13. The second-order valence-corrected chi connectivity index (χ2v) is 10.3. The molecule has 3 aromatic carbocycles. The number of ether oxygens (including phenoxy) is 1. The second kappa shape index (κ2) is 12.2. The summed E-state index contributed by atoms with van der Waals surface area (Å²) in [5, 5.41) is 5.48. The number of urea groups is 1. The van der Waals surface area contributed by atoms with Gasteiger partial charge >= 0.3 is 24.7 Å². The van der Waals surface area contributed by atoms with E-state index in [-0.39, 0.29) is 40.2 Å². The lowest BCUT2D eigenvalue weighted by molar-refractivity contribution is -0.274. The maximum absolute atomic E-state index is 14.9. The number of benzene rings is 3. The number of carbonyl (C=O) groups excluding carboxylic acids is 2. The van der Waals surface area contributed by atoms with Crippen LogP contribution in [0.5, 0.6) is 5.75 Å². The first kappa shape index (κ1) is 33.2. The Balaban J connectivity index is 1.34. The van der Waals surface area contributed by atoms with E-state index in [2.05, 4.69) is 19.8 Å². The fourth-order valence-corrected chi connectivity index (χ4v) is 4.98. The summed E-state index contributed by atoms with van der Waals surface area (Å²) in [5.41, 5.74) is -4.36. The number of halogens is 10. The average Bonchev–Trinajstić information content (AvgIpc) is 3.59. The summed E-state index contributed by atoms with van der Waals surface area (Å²) in [4.78, 5) is 32.8. The van der Waals surface area contributed by atoms with Gasteiger partial charge in [0.15, 0.2) is 11.0 Å². The molecule has 0 radical (unpaired) electrons. The van der Waals surface area contributed by atoms with E-state index in [9.17, 15) is 53.5 Å². The van der Waals surface area contributed by atoms with E-state index >= 15 is 0 Å². The average molecular weight is 692 g/mol. The highest BCUT2D eigenvalue weighted by atomic mass is 32.2. The van der Waals surface area contributed by atoms with Crippen LogP contribution in [-0.4, -0.2) is 44.0 Å². The lowest BCUT2D eigenvalue weighted by Crippen LogP contribution is -2.32. The lowest BCUT2D eigenvalue weighted by Gasteiger charge is -2.22. The molecule has 1 N–H and O–H groups in total. The van der Waals surface area contributed by atoms with E-state index in [0.717, 1.165) is 24.3 Å². The van der Waals surface area contributed by atoms with Crippen molar-refractivity contribution in [1.29, 1.82) is 0 Å². The van der Waals surface area contributed by atoms with Crippen molar-refractivity contribution in [2.24, 2.45) is 4.99 Å². The number of nitrogens with one attached hydrogen (secondary N) is 1. The molecule has 1 saturated heterocycles. The molecule has 1 aliphatic rings. The summed E-state index contributed by atoms with van der Waals surface area (Å²) in [6, 6.07) is 6.94. The molecule has 5 rings (SSSR count). The van der Waals surface area contributed by atoms with Crippen LogP contribution in [0.4, 0.5) is 60.1 Å². The van der Waals surface area contributed by atoms with Gasteiger partial charge in [-0.05, 0) is 60.7 Å². The Morgan fingerprint density at radius 1 is 0.915 bits per heavy atom. The summed E-state index contributed by atoms with van der Waals surface area (Å²) in [7, 11) is 0. The molecule has 246 valence electrons. The summed E-state index contributed by atoms with van der Waals surface area (Å²) < 4.78 is 138. The second-order valence-electron chi connectivity index (χ2n) is 9.32. The molecule has 4 aromatic rings. The van der Waals surface area contributed by atoms with Gasteiger partial charge in [0.2, 0.25) is 5.91 Å². The molecule has 0 unspecified atom stereocenters. The van der Waals surface area contributed by atoms with Crippen molar-refractivity contribution in [3.8, 4) is 22.8 Å². The number of anilines is 2. The number of aliphatic imine (C=N–C) groups is 1. The minimum absolute atomic E-state index is 0.0318. The van der Waals surface area contributed by atoms with E-state index in [1.165, 1.54) is 29.2 Å². The van der Waals surface area contributed by atoms with Crippen LogP contribution in [0.15, 0.2) is 72.0 Å². The summed E-state index contributed by atoms with van der Waals surface area (Å²) in [5.74, 6) is -3.19. The molecule has 0 spiro atoms. The summed E-state index contributed by atoms with van der Waals surface area (Å²) >= 11 is 0.480. The smallest absolute Gasteiger partial charge is 0.406 e. The molecule has 0 bridgehead atoms. The number of thioether (sulfide) groups is 1. The van der Waals surface area contributed by atoms with Gasteiger partial charge in [0.05, 0.1) is 33.9 Å². The Morgan fingerprint density at radius 3 is 2.23 bits per heavy atom. The molecule has 20 heteroatoms. The number of carbonyl (C=O) groups is 2. The standard InChI is InChI=1S/C27H14F10N6O3S/c28-18-9-13(22-38-12-42(41-22)15-3-5-16(6-4-15)46-27(35,36)37)1-8-19(18)39-23(45)40-24-43(21(44)11-47-24)20-10-14(25(29,30)31)2-7-17(20)26(32,33)34/h1-10,12H,11H2,(H,39,45)/b40-24-. The van der Waals surface area contributed by atoms with E-state index in [0.29, 0.717) is 11.8 Å². The van der Waals surface area contributed by atoms with Crippen molar-refractivity contribution in [2.75, 3.05) is 16.0 Å². The van der Waals surface area contributed by atoms with Crippen LogP contribution in [0.2, 0.25) is 0 Å². The van der Waals surface area contributed by atoms with E-state index in [1.54, 1.807) is 0 Å². The van der Waals surface area contributed by atoms with Crippen molar-refractivity contribution in [3.05, 3.63) is 83.9 Å². The Hall–Kier alpha value is -5.14. The van der Waals surface area contributed by atoms with Crippen LogP contribution in [0.1, 0.15) is 11.1 Å². The zero-order valence-corrected chi connectivity index (χ0v) is 23.5. The molecule has 3 amide bonds. The predicted octanol–water partition coefficient (Wildman–Crippen LogP) is 7.68. The highest BCUT2D eigenvalue weighted by Crippen LogP contribution is 2.42. The van der Waals surface area contributed by atoms with Crippen molar-refractivity contribution in [1.82, 2.24) is 14.8 Å². The molecule has 1 fully saturated rings. The Kier molecular flexibility index (Phi) is 8.65. The maximum atomic E-state index is 14.9. The van der Waals surface area contributed by atoms with Crippen molar-refractivity contribution < 1.29 is 58.2 Å². The van der Waals surface area contributed by atoms with Crippen LogP contribution in [0.3, 0.4) is 0 Å². The highest BCUT2D eigenvalue weighted by molar-refractivity contribution is 8.15. The first-order chi connectivity index (χ1) is 21.9. The van der Waals surface area contributed by atoms with Gasteiger partial charge in [-0.3, -0.25) is 9.69 Å². The molecule has 1 aromatic heterocycles. The van der Waals surface area contributed by atoms with Crippen molar-refractivity contribution >= 4 is 40.2 Å². The summed E-state index contributed by atoms with van der Waals surface area (Å²) in [6.07, 6.45) is -13.9. The minimum atomic E-state index is -5.17. The SMILES string of the molecule is O=C(/N=C1\SCC(=O)N1c1cc(C(F)(F)F)ccc1C(F)(F)F)Nc1ccc(-c2ncn(-c3ccc(OC(F)(F)F)cc3)n2)cc1F. The van der Waals surface area contributed by atoms with Gasteiger partial charge in [-0.15, -0.1) is 18.3 Å². The van der Waals surface area contributed by atoms with Gasteiger partial charge in [-0.25, -0.2) is 18.9 Å². The fourth-order valence-electron chi connectivity index (χ4n) is 4.12. The first-order valence-corrected chi connectivity index (χ1v) is 13.6. The normalized spacial score (nSPS) is 15.0. The maximum Gasteiger partial charge on any atom is 0.573 e. The number of amides is 3. The van der Waals surface area contributed by atoms with Crippen LogP contribution in [0.25, 0.3) is 17.1 Å². The number of nitrogens with zero attached hydrogens (tertiary/aromatic N) is 5. The minimum Gasteiger partial charge on any atom is -0.406 e. The molecular formula is C27H14F10N6O3S. The van der Waals surface area contributed by atoms with E-state index < -0.39 is 75.6 Å². The number of hydrogen-bond acceptors (Lipinski definition) is 6. The van der Waals surface area contributed by atoms with Gasteiger partial charge < -0.3 is 10.1 Å². The Bertz CT molecular complexity index is 1870. The third-order valence-corrected chi connectivity index (χ3v) is 7.05. The van der Waals surface area contributed by atoms with Gasteiger partial charge in [-0.1, -0.05) is 11.8 Å². The van der Waals surface area contributed by atoms with Crippen LogP contribution < -0.4 is 15.0 Å². The molecule has 0 aliphatic carbocycles. The highest BCUT2D eigenvalue weighted by Gasteiger charge is 2.42. The topological polar surface area (TPSA) is 102 Å². The van der Waals surface area contributed by atoms with Crippen molar-refractivity contribution in [3.63, 3.8) is 0 Å². The van der Waals surface area contributed by atoms with Gasteiger partial charge in [0.25, 0.3) is 0 Å². The van der Waals surface area contributed by atoms with E-state index in [4.69, 9.17) is 0 Å². The molecule has 1 aliphatic heterocycles. The number of alkyl halides is 9. The quantitative estimate of drug-likeness (QED) is 0.216. The van der Waals surface area contributed by atoms with Gasteiger partial charge in [0.1, 0.15) is 17.9 Å². The van der Waals surface area contributed by atoms with Gasteiger partial charge in [-0.2, -0.15) is 31.3 Å². The number of aromatic nitrogens is 3. The predicted molar refractivity (Wildman–Crippen MR) is 146 cm³/mol. The molecule has 0 saturated carbocycles. The number of hydrogen-bond donors (Lipinski definition) is 1. The Labute approximate surface area is 259 Å². The van der Waals surface area contributed by atoms with Crippen LogP contribution >= 0.6 is 11.8 Å². The zero-order chi connectivity index (χ0) is 34.3. The van der Waals surface area contributed by atoms with Crippen LogP contribution in [-0.2, 0) is 17.1 Å². The monoisotopic (exact) mass is 692 g/mol. The van der Waals surface area contributed by atoms with Gasteiger partial charge in [0, 0.05) is 5.56 Å². The lowest BCUT2D eigenvalue weighted by atomic mass is 10.1.